The lowest BCUT2D eigenvalue weighted by atomic mass is 10.2. The van der Waals surface area contributed by atoms with Crippen LogP contribution in [0.25, 0.3) is 0 Å². The number of carbonyl (C=O) groups excluding carboxylic acids is 3. The summed E-state index contributed by atoms with van der Waals surface area (Å²) in [6, 6.07) is 11.5. The van der Waals surface area contributed by atoms with Crippen molar-refractivity contribution in [2.24, 2.45) is 0 Å². The topological polar surface area (TPSA) is 75.7 Å². The second-order valence-corrected chi connectivity index (χ2v) is 6.68. The number of hydrogen-bond donors (Lipinski definition) is 1. The lowest BCUT2D eigenvalue weighted by molar-refractivity contribution is -0.136. The van der Waals surface area contributed by atoms with E-state index < -0.39 is 18.5 Å². The van der Waals surface area contributed by atoms with Crippen molar-refractivity contribution in [3.05, 3.63) is 63.6 Å². The third-order valence-electron chi connectivity index (χ3n) is 3.62. The van der Waals surface area contributed by atoms with E-state index >= 15 is 0 Å². The number of anilines is 1. The van der Waals surface area contributed by atoms with Gasteiger partial charge in [0.1, 0.15) is 0 Å². The van der Waals surface area contributed by atoms with Gasteiger partial charge in [0, 0.05) is 12.7 Å². The quantitative estimate of drug-likeness (QED) is 0.741. The van der Waals surface area contributed by atoms with Gasteiger partial charge in [0.15, 0.2) is 6.61 Å². The van der Waals surface area contributed by atoms with Crippen LogP contribution in [-0.2, 0) is 14.3 Å². The molecule has 8 heteroatoms. The maximum absolute atomic E-state index is 12.1. The number of halogens is 2. The fourth-order valence-electron chi connectivity index (χ4n) is 2.08. The van der Waals surface area contributed by atoms with Crippen molar-refractivity contribution in [3.63, 3.8) is 0 Å². The smallest absolute Gasteiger partial charge is 0.338 e. The molecule has 27 heavy (non-hydrogen) atoms. The molecular weight excluding hydrogens is 391 g/mol. The molecule has 2 aromatic carbocycles. The molecule has 0 aliphatic carbocycles. The van der Waals surface area contributed by atoms with E-state index in [1.54, 1.807) is 12.1 Å². The van der Waals surface area contributed by atoms with Crippen LogP contribution in [0.5, 0.6) is 0 Å². The molecule has 0 heterocycles. The average molecular weight is 409 g/mol. The minimum Gasteiger partial charge on any atom is -0.452 e. The van der Waals surface area contributed by atoms with Crippen molar-refractivity contribution < 1.29 is 19.1 Å². The van der Waals surface area contributed by atoms with Crippen LogP contribution in [0.2, 0.25) is 10.0 Å². The van der Waals surface area contributed by atoms with Gasteiger partial charge in [0.05, 0.1) is 22.2 Å². The summed E-state index contributed by atoms with van der Waals surface area (Å²) >= 11 is 11.6. The molecule has 0 aliphatic rings. The van der Waals surface area contributed by atoms with Gasteiger partial charge in [-0.1, -0.05) is 40.9 Å². The summed E-state index contributed by atoms with van der Waals surface area (Å²) in [5.41, 5.74) is 1.89. The minimum absolute atomic E-state index is 0.170. The molecule has 0 aromatic heterocycles. The third kappa shape index (κ3) is 6.27. The molecular formula is C19H18Cl2N2O4. The highest BCUT2D eigenvalue weighted by Gasteiger charge is 2.16. The number of ether oxygens (including phenoxy) is 1. The Hall–Kier alpha value is -2.57. The Balaban J connectivity index is 1.82. The van der Waals surface area contributed by atoms with Crippen LogP contribution in [-0.4, -0.2) is 42.9 Å². The van der Waals surface area contributed by atoms with Gasteiger partial charge in [0.2, 0.25) is 5.91 Å². The Morgan fingerprint density at radius 1 is 1.04 bits per heavy atom. The van der Waals surface area contributed by atoms with Crippen LogP contribution in [0.15, 0.2) is 42.5 Å². The van der Waals surface area contributed by atoms with Gasteiger partial charge in [-0.25, -0.2) is 4.79 Å². The molecule has 1 N–H and O–H groups in total. The molecule has 0 saturated heterocycles. The number of amides is 2. The second-order valence-electron chi connectivity index (χ2n) is 5.87. The highest BCUT2D eigenvalue weighted by atomic mass is 35.5. The molecule has 2 rings (SSSR count). The highest BCUT2D eigenvalue weighted by Crippen LogP contribution is 2.22. The molecule has 0 spiro atoms. The van der Waals surface area contributed by atoms with Gasteiger partial charge < -0.3 is 15.0 Å². The average Bonchev–Trinajstić information content (AvgIpc) is 2.63. The fraction of sp³-hybridized carbons (Fsp3) is 0.211. The Labute approximate surface area is 167 Å². The largest absolute Gasteiger partial charge is 0.452 e. The van der Waals surface area contributed by atoms with Gasteiger partial charge in [0.25, 0.3) is 5.91 Å². The Morgan fingerprint density at radius 2 is 1.70 bits per heavy atom. The van der Waals surface area contributed by atoms with E-state index in [1.165, 1.54) is 30.1 Å². The normalized spacial score (nSPS) is 10.2. The number of likely N-dealkylation sites (N-methyl/N-ethyl adjacent to an activating group) is 1. The van der Waals surface area contributed by atoms with E-state index in [9.17, 15) is 14.4 Å². The number of esters is 1. The monoisotopic (exact) mass is 408 g/mol. The summed E-state index contributed by atoms with van der Waals surface area (Å²) in [5.74, 6) is -1.58. The molecule has 0 aliphatic heterocycles. The van der Waals surface area contributed by atoms with E-state index in [2.05, 4.69) is 5.32 Å². The van der Waals surface area contributed by atoms with Crippen LogP contribution >= 0.6 is 23.2 Å². The van der Waals surface area contributed by atoms with E-state index in [0.29, 0.717) is 10.7 Å². The van der Waals surface area contributed by atoms with E-state index in [0.717, 1.165) is 5.56 Å². The predicted octanol–water partition coefficient (Wildman–Crippen LogP) is 3.56. The standard InChI is InChI=1S/C19H18Cl2N2O4/c1-12-3-6-14(7-4-12)22-17(24)10-23(2)18(25)11-27-19(26)13-5-8-15(20)16(21)9-13/h3-9H,10-11H2,1-2H3,(H,22,24). The molecule has 2 amide bonds. The lowest BCUT2D eigenvalue weighted by Crippen LogP contribution is -2.37. The highest BCUT2D eigenvalue weighted by molar-refractivity contribution is 6.42. The summed E-state index contributed by atoms with van der Waals surface area (Å²) in [4.78, 5) is 37.2. The van der Waals surface area contributed by atoms with Crippen molar-refractivity contribution in [1.29, 1.82) is 0 Å². The number of aryl methyl sites for hydroxylation is 1. The molecule has 0 atom stereocenters. The fourth-order valence-corrected chi connectivity index (χ4v) is 2.38. The third-order valence-corrected chi connectivity index (χ3v) is 4.36. The maximum atomic E-state index is 12.1. The predicted molar refractivity (Wildman–Crippen MR) is 104 cm³/mol. The van der Waals surface area contributed by atoms with Crippen molar-refractivity contribution in [2.75, 3.05) is 25.5 Å². The molecule has 2 aromatic rings. The summed E-state index contributed by atoms with van der Waals surface area (Å²) in [7, 11) is 1.45. The minimum atomic E-state index is -0.709. The van der Waals surface area contributed by atoms with Crippen LogP contribution in [0.1, 0.15) is 15.9 Å². The second kappa shape index (κ2) is 9.39. The molecule has 142 valence electrons. The van der Waals surface area contributed by atoms with Crippen LogP contribution in [0, 0.1) is 6.92 Å². The first-order valence-electron chi connectivity index (χ1n) is 7.99. The van der Waals surface area contributed by atoms with Crippen molar-refractivity contribution in [3.8, 4) is 0 Å². The molecule has 0 saturated carbocycles. The van der Waals surface area contributed by atoms with Gasteiger partial charge in [-0.05, 0) is 37.3 Å². The van der Waals surface area contributed by atoms with Crippen LogP contribution in [0.3, 0.4) is 0 Å². The van der Waals surface area contributed by atoms with Crippen LogP contribution in [0.4, 0.5) is 5.69 Å². The molecule has 0 radical (unpaired) electrons. The lowest BCUT2D eigenvalue weighted by Gasteiger charge is -2.17. The number of nitrogens with zero attached hydrogens (tertiary/aromatic N) is 1. The first-order chi connectivity index (χ1) is 12.8. The molecule has 6 nitrogen and oxygen atoms in total. The first-order valence-corrected chi connectivity index (χ1v) is 8.74. The van der Waals surface area contributed by atoms with Crippen molar-refractivity contribution >= 4 is 46.7 Å². The van der Waals surface area contributed by atoms with Gasteiger partial charge in [-0.15, -0.1) is 0 Å². The molecule has 0 fully saturated rings. The summed E-state index contributed by atoms with van der Waals surface area (Å²) in [6.07, 6.45) is 0. The summed E-state index contributed by atoms with van der Waals surface area (Å²) < 4.78 is 4.96. The Kier molecular flexibility index (Phi) is 7.21. The number of hydrogen-bond acceptors (Lipinski definition) is 4. The van der Waals surface area contributed by atoms with E-state index in [4.69, 9.17) is 27.9 Å². The van der Waals surface area contributed by atoms with Crippen molar-refractivity contribution in [2.45, 2.75) is 6.92 Å². The Bertz CT molecular complexity index is 853. The number of rotatable bonds is 6. The van der Waals surface area contributed by atoms with Gasteiger partial charge in [-0.3, -0.25) is 9.59 Å². The van der Waals surface area contributed by atoms with Crippen LogP contribution < -0.4 is 5.32 Å². The van der Waals surface area contributed by atoms with Gasteiger partial charge in [-0.2, -0.15) is 0 Å². The number of nitrogens with one attached hydrogen (secondary N) is 1. The van der Waals surface area contributed by atoms with E-state index in [-0.39, 0.29) is 23.0 Å². The maximum Gasteiger partial charge on any atom is 0.338 e. The SMILES string of the molecule is Cc1ccc(NC(=O)CN(C)C(=O)COC(=O)c2ccc(Cl)c(Cl)c2)cc1. The Morgan fingerprint density at radius 3 is 2.33 bits per heavy atom. The van der Waals surface area contributed by atoms with Crippen molar-refractivity contribution in [1.82, 2.24) is 4.90 Å². The van der Waals surface area contributed by atoms with E-state index in [1.807, 2.05) is 19.1 Å². The number of carbonyl (C=O) groups is 3. The first kappa shape index (κ1) is 20.7. The zero-order chi connectivity index (χ0) is 20.0. The molecule has 0 unspecified atom stereocenters. The summed E-state index contributed by atoms with van der Waals surface area (Å²) in [6.45, 7) is 1.28. The zero-order valence-corrected chi connectivity index (χ0v) is 16.3. The zero-order valence-electron chi connectivity index (χ0n) is 14.8. The summed E-state index contributed by atoms with van der Waals surface area (Å²) in [5, 5.41) is 3.21. The molecule has 0 bridgehead atoms. The number of benzene rings is 2. The van der Waals surface area contributed by atoms with Gasteiger partial charge >= 0.3 is 5.97 Å².